The topological polar surface area (TPSA) is 43.4 Å². The number of hydrogen-bond acceptors (Lipinski definition) is 4. The van der Waals surface area contributed by atoms with Gasteiger partial charge in [-0.3, -0.25) is 0 Å². The summed E-state index contributed by atoms with van der Waals surface area (Å²) in [6, 6.07) is 10.8. The number of hydrogen-bond donors (Lipinski definition) is 0. The standard InChI is InChI=1S/C12H16O3S2/c1-2-3-11-17(13,14)15-12-9-7-5-4-6-8-10-16-12/h4-10H,2-3,11H2,1H3. The maximum absolute atomic E-state index is 11.6. The zero-order valence-electron chi connectivity index (χ0n) is 9.70. The Bertz CT molecular complexity index is 452. The van der Waals surface area contributed by atoms with Crippen LogP contribution in [0.3, 0.4) is 0 Å². The SMILES string of the molecule is CCCCS(=O)(=O)Oc1cccccccs1. The van der Waals surface area contributed by atoms with Gasteiger partial charge in [-0.25, -0.2) is 0 Å². The van der Waals surface area contributed by atoms with Crippen molar-refractivity contribution in [3.8, 4) is 5.06 Å². The van der Waals surface area contributed by atoms with Crippen molar-refractivity contribution in [3.63, 3.8) is 0 Å². The van der Waals surface area contributed by atoms with Crippen molar-refractivity contribution in [2.24, 2.45) is 0 Å². The summed E-state index contributed by atoms with van der Waals surface area (Å²) in [4.78, 5) is 0. The fourth-order valence-electron chi connectivity index (χ4n) is 1.05. The quantitative estimate of drug-likeness (QED) is 0.772. The lowest BCUT2D eigenvalue weighted by Crippen LogP contribution is -2.12. The highest BCUT2D eigenvalue weighted by Gasteiger charge is 2.11. The Morgan fingerprint density at radius 2 is 1.88 bits per heavy atom. The van der Waals surface area contributed by atoms with Crippen molar-refractivity contribution < 1.29 is 12.6 Å². The first-order chi connectivity index (χ1) is 8.14. The van der Waals surface area contributed by atoms with Crippen LogP contribution < -0.4 is 4.18 Å². The van der Waals surface area contributed by atoms with E-state index >= 15 is 0 Å². The molecule has 0 aliphatic carbocycles. The molecule has 0 amide bonds. The first kappa shape index (κ1) is 14.0. The molecular weight excluding hydrogens is 256 g/mol. The van der Waals surface area contributed by atoms with Crippen molar-refractivity contribution in [1.29, 1.82) is 0 Å². The lowest BCUT2D eigenvalue weighted by atomic mass is 10.4. The van der Waals surface area contributed by atoms with Gasteiger partial charge in [0.15, 0.2) is 5.06 Å². The van der Waals surface area contributed by atoms with Gasteiger partial charge in [-0.05, 0) is 17.9 Å². The smallest absolute Gasteiger partial charge is 0.309 e. The molecule has 1 rings (SSSR count). The minimum absolute atomic E-state index is 0.0626. The van der Waals surface area contributed by atoms with Crippen LogP contribution in [0.2, 0.25) is 0 Å². The summed E-state index contributed by atoms with van der Waals surface area (Å²) in [5, 5.41) is 2.15. The van der Waals surface area contributed by atoms with E-state index in [1.807, 2.05) is 31.2 Å². The van der Waals surface area contributed by atoms with Crippen LogP contribution in [0.5, 0.6) is 5.06 Å². The van der Waals surface area contributed by atoms with Crippen LogP contribution in [0.4, 0.5) is 0 Å². The molecule has 0 atom stereocenters. The minimum atomic E-state index is -3.46. The van der Waals surface area contributed by atoms with E-state index < -0.39 is 10.1 Å². The zero-order chi connectivity index (χ0) is 12.6. The lowest BCUT2D eigenvalue weighted by molar-refractivity contribution is 0.490. The molecule has 0 N–H and O–H groups in total. The van der Waals surface area contributed by atoms with Crippen LogP contribution >= 0.6 is 11.3 Å². The molecule has 1 aromatic heterocycles. The predicted octanol–water partition coefficient (Wildman–Crippen LogP) is 3.38. The third kappa shape index (κ3) is 6.28. The minimum Gasteiger partial charge on any atom is -0.371 e. The Morgan fingerprint density at radius 1 is 1.18 bits per heavy atom. The van der Waals surface area contributed by atoms with Crippen molar-refractivity contribution >= 4 is 21.5 Å². The van der Waals surface area contributed by atoms with E-state index in [4.69, 9.17) is 4.18 Å². The van der Waals surface area contributed by atoms with Crippen LogP contribution in [0.1, 0.15) is 19.8 Å². The van der Waals surface area contributed by atoms with Gasteiger partial charge >= 0.3 is 10.1 Å². The second-order valence-electron chi connectivity index (χ2n) is 3.40. The Labute approximate surface area is 107 Å². The molecule has 0 unspecified atom stereocenters. The maximum Gasteiger partial charge on any atom is 0.309 e. The molecule has 0 saturated carbocycles. The molecule has 94 valence electrons. The largest absolute Gasteiger partial charge is 0.371 e. The third-order valence-electron chi connectivity index (χ3n) is 1.90. The Hall–Kier alpha value is -1.07. The molecule has 0 saturated heterocycles. The van der Waals surface area contributed by atoms with Crippen LogP contribution in [-0.4, -0.2) is 14.2 Å². The van der Waals surface area contributed by atoms with Crippen molar-refractivity contribution in [1.82, 2.24) is 0 Å². The van der Waals surface area contributed by atoms with E-state index in [1.54, 1.807) is 17.5 Å². The van der Waals surface area contributed by atoms with Gasteiger partial charge in [-0.15, -0.1) is 11.3 Å². The molecule has 0 aliphatic heterocycles. The average molecular weight is 272 g/mol. The fourth-order valence-corrected chi connectivity index (χ4v) is 3.01. The van der Waals surface area contributed by atoms with Gasteiger partial charge in [0, 0.05) is 0 Å². The van der Waals surface area contributed by atoms with E-state index in [0.29, 0.717) is 11.5 Å². The van der Waals surface area contributed by atoms with Gasteiger partial charge in [0.25, 0.3) is 0 Å². The lowest BCUT2D eigenvalue weighted by Gasteiger charge is -2.03. The van der Waals surface area contributed by atoms with Gasteiger partial charge in [-0.2, -0.15) is 8.42 Å². The maximum atomic E-state index is 11.6. The summed E-state index contributed by atoms with van der Waals surface area (Å²) in [6.45, 7) is 1.95. The average Bonchev–Trinajstić information content (AvgIpc) is 2.40. The summed E-state index contributed by atoms with van der Waals surface area (Å²) in [5.41, 5.74) is 0. The summed E-state index contributed by atoms with van der Waals surface area (Å²) in [6.07, 6.45) is 1.45. The fraction of sp³-hybridized carbons (Fsp3) is 0.333. The predicted molar refractivity (Wildman–Crippen MR) is 71.3 cm³/mol. The zero-order valence-corrected chi connectivity index (χ0v) is 11.3. The molecule has 3 nitrogen and oxygen atoms in total. The number of rotatable bonds is 5. The Kier molecular flexibility index (Phi) is 6.00. The highest BCUT2D eigenvalue weighted by Crippen LogP contribution is 2.17. The summed E-state index contributed by atoms with van der Waals surface area (Å²) >= 11 is 1.25. The van der Waals surface area contributed by atoms with Crippen molar-refractivity contribution in [2.75, 3.05) is 5.75 Å². The molecule has 0 aromatic carbocycles. The number of unbranched alkanes of at least 4 members (excludes halogenated alkanes) is 1. The molecule has 17 heavy (non-hydrogen) atoms. The molecule has 1 heterocycles. The van der Waals surface area contributed by atoms with E-state index in [-0.39, 0.29) is 5.75 Å². The third-order valence-corrected chi connectivity index (χ3v) is 3.97. The van der Waals surface area contributed by atoms with Crippen molar-refractivity contribution in [2.45, 2.75) is 19.8 Å². The van der Waals surface area contributed by atoms with Crippen LogP contribution in [0.25, 0.3) is 0 Å². The molecule has 0 spiro atoms. The monoisotopic (exact) mass is 272 g/mol. The summed E-state index contributed by atoms with van der Waals surface area (Å²) in [5.74, 6) is 0.0626. The van der Waals surface area contributed by atoms with Gasteiger partial charge in [-0.1, -0.05) is 43.7 Å². The van der Waals surface area contributed by atoms with E-state index in [1.165, 1.54) is 11.3 Å². The van der Waals surface area contributed by atoms with Gasteiger partial charge in [0.2, 0.25) is 0 Å². The van der Waals surface area contributed by atoms with Crippen LogP contribution in [-0.2, 0) is 10.1 Å². The molecule has 0 fully saturated rings. The molecule has 0 radical (unpaired) electrons. The normalized spacial score (nSPS) is 10.6. The van der Waals surface area contributed by atoms with Gasteiger partial charge in [0.05, 0.1) is 5.75 Å². The van der Waals surface area contributed by atoms with Crippen molar-refractivity contribution in [3.05, 3.63) is 41.8 Å². The second kappa shape index (κ2) is 7.29. The molecule has 0 aliphatic rings. The van der Waals surface area contributed by atoms with E-state index in [9.17, 15) is 8.42 Å². The molecular formula is C12H16O3S2. The Morgan fingerprint density at radius 3 is 2.65 bits per heavy atom. The van der Waals surface area contributed by atoms with Gasteiger partial charge in [0.1, 0.15) is 0 Å². The Balaban J connectivity index is 2.85. The van der Waals surface area contributed by atoms with E-state index in [0.717, 1.165) is 6.42 Å². The molecule has 1 aromatic rings. The molecule has 0 bridgehead atoms. The second-order valence-corrected chi connectivity index (χ2v) is 6.00. The van der Waals surface area contributed by atoms with E-state index in [2.05, 4.69) is 0 Å². The summed E-state index contributed by atoms with van der Waals surface area (Å²) in [7, 11) is -3.46. The van der Waals surface area contributed by atoms with Crippen LogP contribution in [0.15, 0.2) is 41.8 Å². The molecule has 5 heteroatoms. The summed E-state index contributed by atoms with van der Waals surface area (Å²) < 4.78 is 28.2. The highest BCUT2D eigenvalue weighted by molar-refractivity contribution is 7.87. The van der Waals surface area contributed by atoms with Crippen LogP contribution in [0, 0.1) is 0 Å². The first-order valence-electron chi connectivity index (χ1n) is 5.43. The highest BCUT2D eigenvalue weighted by atomic mass is 32.2. The first-order valence-corrected chi connectivity index (χ1v) is 7.89. The van der Waals surface area contributed by atoms with Gasteiger partial charge < -0.3 is 4.18 Å².